The van der Waals surface area contributed by atoms with Gasteiger partial charge in [0, 0.05) is 36.1 Å². The molecule has 2 saturated heterocycles. The topological polar surface area (TPSA) is 39.3 Å². The van der Waals surface area contributed by atoms with Gasteiger partial charge in [0.15, 0.2) is 5.78 Å². The second-order valence-electron chi connectivity index (χ2n) is 6.89. The molecule has 21 heavy (non-hydrogen) atoms. The molecule has 2 aliphatic heterocycles. The maximum atomic E-state index is 12.5. The van der Waals surface area contributed by atoms with Gasteiger partial charge in [-0.05, 0) is 58.7 Å². The van der Waals surface area contributed by atoms with Gasteiger partial charge in [-0.15, -0.1) is 0 Å². The molecule has 2 aliphatic rings. The number of nitrogens with zero attached hydrogens (tertiary/aromatic N) is 2. The summed E-state index contributed by atoms with van der Waals surface area (Å²) < 4.78 is 0. The van der Waals surface area contributed by atoms with Crippen LogP contribution in [-0.2, 0) is 0 Å². The number of rotatable bonds is 3. The van der Waals surface area contributed by atoms with Gasteiger partial charge in [-0.1, -0.05) is 0 Å². The van der Waals surface area contributed by atoms with Crippen molar-refractivity contribution in [1.29, 1.82) is 0 Å². The number of aromatic amines is 1. The highest BCUT2D eigenvalue weighted by Gasteiger charge is 2.34. The van der Waals surface area contributed by atoms with Crippen LogP contribution in [0.2, 0.25) is 0 Å². The monoisotopic (exact) mass is 289 g/mol. The molecule has 0 saturated carbocycles. The van der Waals surface area contributed by atoms with Gasteiger partial charge in [-0.2, -0.15) is 0 Å². The zero-order valence-electron chi connectivity index (χ0n) is 13.5. The average molecular weight is 289 g/mol. The van der Waals surface area contributed by atoms with Crippen LogP contribution in [0, 0.1) is 19.8 Å². The number of H-pyrrole nitrogens is 1. The summed E-state index contributed by atoms with van der Waals surface area (Å²) in [6, 6.07) is 2.72. The molecule has 0 aliphatic carbocycles. The van der Waals surface area contributed by atoms with Gasteiger partial charge in [0.05, 0.1) is 6.54 Å². The Labute approximate surface area is 127 Å². The number of likely N-dealkylation sites (tertiary alicyclic amines) is 2. The Morgan fingerprint density at radius 2 is 2.14 bits per heavy atom. The molecular weight excluding hydrogens is 262 g/mol. The molecule has 116 valence electrons. The molecule has 0 aromatic carbocycles. The summed E-state index contributed by atoms with van der Waals surface area (Å²) in [5, 5.41) is 0. The minimum absolute atomic E-state index is 0.263. The molecule has 0 amide bonds. The van der Waals surface area contributed by atoms with Gasteiger partial charge in [-0.25, -0.2) is 0 Å². The van der Waals surface area contributed by atoms with Crippen molar-refractivity contribution in [2.75, 3.05) is 33.2 Å². The third kappa shape index (κ3) is 3.06. The molecule has 0 radical (unpaired) electrons. The fourth-order valence-corrected chi connectivity index (χ4v) is 4.17. The lowest BCUT2D eigenvalue weighted by molar-refractivity contribution is 0.0378. The quantitative estimate of drug-likeness (QED) is 0.867. The van der Waals surface area contributed by atoms with Crippen LogP contribution < -0.4 is 0 Å². The van der Waals surface area contributed by atoms with Crippen LogP contribution in [-0.4, -0.2) is 59.8 Å². The molecule has 4 nitrogen and oxygen atoms in total. The van der Waals surface area contributed by atoms with Gasteiger partial charge in [-0.3, -0.25) is 9.69 Å². The van der Waals surface area contributed by atoms with E-state index in [-0.39, 0.29) is 5.78 Å². The maximum Gasteiger partial charge on any atom is 0.178 e. The van der Waals surface area contributed by atoms with Crippen molar-refractivity contribution in [3.05, 3.63) is 23.0 Å². The Kier molecular flexibility index (Phi) is 4.18. The largest absolute Gasteiger partial charge is 0.362 e. The number of Topliss-reactive ketones (excluding diaryl/α,β-unsaturated/α-hetero) is 1. The SMILES string of the molecule is Cc1cc(C(=O)CN2CCC3C(CCCN3C)C2)c(C)[nH]1. The second kappa shape index (κ2) is 5.93. The van der Waals surface area contributed by atoms with E-state index in [1.807, 2.05) is 19.9 Å². The summed E-state index contributed by atoms with van der Waals surface area (Å²) in [4.78, 5) is 20.6. The van der Waals surface area contributed by atoms with Crippen molar-refractivity contribution in [3.63, 3.8) is 0 Å². The predicted molar refractivity (Wildman–Crippen MR) is 84.8 cm³/mol. The first kappa shape index (κ1) is 14.8. The lowest BCUT2D eigenvalue weighted by atomic mass is 9.84. The van der Waals surface area contributed by atoms with Gasteiger partial charge >= 0.3 is 0 Å². The Morgan fingerprint density at radius 3 is 2.86 bits per heavy atom. The molecule has 1 N–H and O–H groups in total. The fourth-order valence-electron chi connectivity index (χ4n) is 4.17. The molecule has 2 fully saturated rings. The van der Waals surface area contributed by atoms with E-state index in [4.69, 9.17) is 0 Å². The number of carbonyl (C=O) groups is 1. The van der Waals surface area contributed by atoms with Crippen LogP contribution in [0.15, 0.2) is 6.07 Å². The van der Waals surface area contributed by atoms with Crippen molar-refractivity contribution in [1.82, 2.24) is 14.8 Å². The van der Waals surface area contributed by atoms with E-state index < -0.39 is 0 Å². The van der Waals surface area contributed by atoms with E-state index in [9.17, 15) is 4.79 Å². The van der Waals surface area contributed by atoms with Crippen molar-refractivity contribution in [2.24, 2.45) is 5.92 Å². The third-order valence-corrected chi connectivity index (χ3v) is 5.25. The van der Waals surface area contributed by atoms with Crippen molar-refractivity contribution in [2.45, 2.75) is 39.2 Å². The summed E-state index contributed by atoms with van der Waals surface area (Å²) in [7, 11) is 2.25. The van der Waals surface area contributed by atoms with Gasteiger partial charge in [0.2, 0.25) is 0 Å². The van der Waals surface area contributed by atoms with E-state index in [0.29, 0.717) is 6.54 Å². The number of carbonyl (C=O) groups excluding carboxylic acids is 1. The number of hydrogen-bond acceptors (Lipinski definition) is 3. The van der Waals surface area contributed by atoms with Gasteiger partial charge in [0.1, 0.15) is 0 Å². The highest BCUT2D eigenvalue weighted by molar-refractivity contribution is 5.98. The van der Waals surface area contributed by atoms with E-state index in [0.717, 1.165) is 42.0 Å². The molecular formula is C17H27N3O. The van der Waals surface area contributed by atoms with Crippen LogP contribution in [0.4, 0.5) is 0 Å². The van der Waals surface area contributed by atoms with E-state index in [1.54, 1.807) is 0 Å². The first-order chi connectivity index (χ1) is 10.0. The summed E-state index contributed by atoms with van der Waals surface area (Å²) in [6.07, 6.45) is 3.83. The minimum Gasteiger partial charge on any atom is -0.362 e. The van der Waals surface area contributed by atoms with Crippen LogP contribution >= 0.6 is 0 Å². The van der Waals surface area contributed by atoms with E-state index >= 15 is 0 Å². The zero-order chi connectivity index (χ0) is 15.0. The molecule has 1 aromatic rings. The first-order valence-corrected chi connectivity index (χ1v) is 8.16. The third-order valence-electron chi connectivity index (χ3n) is 5.25. The summed E-state index contributed by atoms with van der Waals surface area (Å²) in [5.74, 6) is 1.01. The average Bonchev–Trinajstić information content (AvgIpc) is 2.78. The summed E-state index contributed by atoms with van der Waals surface area (Å²) >= 11 is 0. The van der Waals surface area contributed by atoms with E-state index in [2.05, 4.69) is 21.8 Å². The van der Waals surface area contributed by atoms with Crippen molar-refractivity contribution < 1.29 is 4.79 Å². The number of aromatic nitrogens is 1. The molecule has 2 atom stereocenters. The van der Waals surface area contributed by atoms with Crippen molar-refractivity contribution >= 4 is 5.78 Å². The molecule has 0 bridgehead atoms. The second-order valence-corrected chi connectivity index (χ2v) is 6.89. The Bertz CT molecular complexity index is 522. The Morgan fingerprint density at radius 1 is 1.33 bits per heavy atom. The molecule has 0 spiro atoms. The van der Waals surface area contributed by atoms with Crippen LogP contribution in [0.5, 0.6) is 0 Å². The van der Waals surface area contributed by atoms with Crippen LogP contribution in [0.25, 0.3) is 0 Å². The van der Waals surface area contributed by atoms with Gasteiger partial charge in [0.25, 0.3) is 0 Å². The first-order valence-electron chi connectivity index (χ1n) is 8.16. The summed E-state index contributed by atoms with van der Waals surface area (Å²) in [6.45, 7) is 7.95. The van der Waals surface area contributed by atoms with Crippen LogP contribution in [0.3, 0.4) is 0 Å². The maximum absolute atomic E-state index is 12.5. The molecule has 3 heterocycles. The van der Waals surface area contributed by atoms with E-state index in [1.165, 1.54) is 25.8 Å². The standard InChI is InChI=1S/C17H27N3O/c1-12-9-15(13(2)18-12)17(21)11-20-8-6-16-14(10-20)5-4-7-19(16)3/h9,14,16,18H,4-8,10-11H2,1-3H3. The Balaban J connectivity index is 1.61. The fraction of sp³-hybridized carbons (Fsp3) is 0.706. The number of fused-ring (bicyclic) bond motifs is 1. The lowest BCUT2D eigenvalue weighted by Crippen LogP contribution is -2.53. The normalized spacial score (nSPS) is 27.6. The molecule has 1 aromatic heterocycles. The van der Waals surface area contributed by atoms with Crippen molar-refractivity contribution in [3.8, 4) is 0 Å². The molecule has 2 unspecified atom stereocenters. The minimum atomic E-state index is 0.263. The lowest BCUT2D eigenvalue weighted by Gasteiger charge is -2.45. The molecule has 4 heteroatoms. The number of nitrogens with one attached hydrogen (secondary N) is 1. The zero-order valence-corrected chi connectivity index (χ0v) is 13.5. The summed E-state index contributed by atoms with van der Waals surface area (Å²) in [5.41, 5.74) is 2.95. The number of piperidine rings is 2. The number of aryl methyl sites for hydroxylation is 2. The predicted octanol–water partition coefficient (Wildman–Crippen LogP) is 2.23. The highest BCUT2D eigenvalue weighted by Crippen LogP contribution is 2.29. The number of ketones is 1. The smallest absolute Gasteiger partial charge is 0.178 e. The Hall–Kier alpha value is -1.13. The van der Waals surface area contributed by atoms with Crippen LogP contribution in [0.1, 0.15) is 41.0 Å². The number of hydrogen-bond donors (Lipinski definition) is 1. The van der Waals surface area contributed by atoms with Gasteiger partial charge < -0.3 is 9.88 Å². The highest BCUT2D eigenvalue weighted by atomic mass is 16.1. The molecule has 3 rings (SSSR count).